The van der Waals surface area contributed by atoms with Gasteiger partial charge >= 0.3 is 0 Å². The Morgan fingerprint density at radius 2 is 1.67 bits per heavy atom. The molecule has 2 heterocycles. The van der Waals surface area contributed by atoms with Gasteiger partial charge in [0.1, 0.15) is 9.96 Å². The highest BCUT2D eigenvalue weighted by molar-refractivity contribution is 7.93. The molecular formula is C27H31N3O6S3. The van der Waals surface area contributed by atoms with Gasteiger partial charge in [0, 0.05) is 32.4 Å². The third-order valence-corrected chi connectivity index (χ3v) is 11.6. The van der Waals surface area contributed by atoms with Crippen LogP contribution in [0.3, 0.4) is 0 Å². The van der Waals surface area contributed by atoms with Crippen molar-refractivity contribution in [1.82, 2.24) is 9.88 Å². The minimum atomic E-state index is -3.65. The molecule has 2 fully saturated rings. The number of sulfone groups is 2. The fraction of sp³-hybridized carbons (Fsp3) is 0.407. The van der Waals surface area contributed by atoms with Crippen LogP contribution in [0.25, 0.3) is 0 Å². The van der Waals surface area contributed by atoms with E-state index in [0.717, 1.165) is 30.4 Å². The number of piperazine rings is 1. The molecule has 208 valence electrons. The van der Waals surface area contributed by atoms with E-state index in [1.165, 1.54) is 31.2 Å². The first-order valence-electron chi connectivity index (χ1n) is 12.9. The van der Waals surface area contributed by atoms with Gasteiger partial charge in [-0.05, 0) is 49.1 Å². The quantitative estimate of drug-likeness (QED) is 0.389. The lowest BCUT2D eigenvalue weighted by Crippen LogP contribution is -2.48. The zero-order chi connectivity index (χ0) is 27.6. The molecular weight excluding hydrogens is 559 g/mol. The number of carbonyl (C=O) groups is 1. The minimum Gasteiger partial charge on any atom is -0.492 e. The van der Waals surface area contributed by atoms with E-state index in [2.05, 4.69) is 4.98 Å². The van der Waals surface area contributed by atoms with Crippen molar-refractivity contribution in [2.24, 2.45) is 5.92 Å². The second kappa shape index (κ2) is 11.3. The highest BCUT2D eigenvalue weighted by atomic mass is 32.2. The largest absolute Gasteiger partial charge is 0.492 e. The molecule has 0 spiro atoms. The molecule has 0 radical (unpaired) electrons. The molecule has 5 rings (SSSR count). The van der Waals surface area contributed by atoms with Crippen molar-refractivity contribution < 1.29 is 26.4 Å². The molecule has 0 unspecified atom stereocenters. The van der Waals surface area contributed by atoms with Crippen LogP contribution in [0.15, 0.2) is 68.7 Å². The first kappa shape index (κ1) is 27.6. The summed E-state index contributed by atoms with van der Waals surface area (Å²) in [6, 6.07) is 12.7. The summed E-state index contributed by atoms with van der Waals surface area (Å²) in [6.07, 6.45) is 7.04. The van der Waals surface area contributed by atoms with E-state index in [1.54, 1.807) is 41.3 Å². The lowest BCUT2D eigenvalue weighted by Gasteiger charge is -2.35. The summed E-state index contributed by atoms with van der Waals surface area (Å²) in [5.74, 6) is 0.561. The van der Waals surface area contributed by atoms with Crippen LogP contribution >= 0.6 is 11.3 Å². The molecule has 12 heteroatoms. The molecule has 9 nitrogen and oxygen atoms in total. The van der Waals surface area contributed by atoms with E-state index in [1.807, 2.05) is 4.90 Å². The summed E-state index contributed by atoms with van der Waals surface area (Å²) >= 11 is 1.11. The summed E-state index contributed by atoms with van der Waals surface area (Å²) in [5.41, 5.74) is 0.245. The number of aromatic nitrogens is 1. The number of carbonyl (C=O) groups excluding carboxylic acids is 1. The summed E-state index contributed by atoms with van der Waals surface area (Å²) < 4.78 is 56.5. The molecule has 0 atom stereocenters. The fourth-order valence-electron chi connectivity index (χ4n) is 4.93. The van der Waals surface area contributed by atoms with Crippen molar-refractivity contribution in [3.05, 3.63) is 60.3 Å². The summed E-state index contributed by atoms with van der Waals surface area (Å²) in [7, 11) is -7.15. The van der Waals surface area contributed by atoms with Crippen LogP contribution in [0.4, 0.5) is 5.13 Å². The first-order valence-corrected chi connectivity index (χ1v) is 17.1. The van der Waals surface area contributed by atoms with Gasteiger partial charge in [0.15, 0.2) is 15.0 Å². The molecule has 1 aromatic heterocycles. The SMILES string of the molecule is CS(=O)(=O)c1ccc(OCC2CCCC2)c(C(=O)N2CCN(c3ncc(S(=O)(=O)c4ccccc4)s3)CC2)c1. The van der Waals surface area contributed by atoms with Gasteiger partial charge in [0.05, 0.1) is 28.2 Å². The van der Waals surface area contributed by atoms with E-state index in [9.17, 15) is 21.6 Å². The number of nitrogens with zero attached hydrogens (tertiary/aromatic N) is 3. The van der Waals surface area contributed by atoms with Gasteiger partial charge in [-0.15, -0.1) is 0 Å². The summed E-state index contributed by atoms with van der Waals surface area (Å²) in [6.45, 7) is 2.20. The summed E-state index contributed by atoms with van der Waals surface area (Å²) in [4.78, 5) is 21.9. The van der Waals surface area contributed by atoms with Crippen LogP contribution in [-0.4, -0.2) is 71.7 Å². The monoisotopic (exact) mass is 589 g/mol. The highest BCUT2D eigenvalue weighted by Gasteiger charge is 2.29. The molecule has 1 aliphatic heterocycles. The first-order chi connectivity index (χ1) is 18.6. The molecule has 1 saturated heterocycles. The molecule has 1 amide bonds. The Balaban J connectivity index is 1.29. The van der Waals surface area contributed by atoms with Gasteiger partial charge in [-0.3, -0.25) is 4.79 Å². The second-order valence-electron chi connectivity index (χ2n) is 9.95. The van der Waals surface area contributed by atoms with Gasteiger partial charge in [-0.25, -0.2) is 21.8 Å². The molecule has 2 aliphatic rings. The van der Waals surface area contributed by atoms with Crippen LogP contribution in [-0.2, 0) is 19.7 Å². The van der Waals surface area contributed by atoms with Crippen molar-refractivity contribution in [2.75, 3.05) is 43.9 Å². The molecule has 2 aromatic carbocycles. The zero-order valence-corrected chi connectivity index (χ0v) is 24.1. The molecule has 1 aliphatic carbocycles. The average Bonchev–Trinajstić information content (AvgIpc) is 3.65. The third-order valence-electron chi connectivity index (χ3n) is 7.19. The fourth-order valence-corrected chi connectivity index (χ4v) is 8.17. The van der Waals surface area contributed by atoms with Crippen molar-refractivity contribution in [2.45, 2.75) is 39.7 Å². The molecule has 3 aromatic rings. The normalized spacial score (nSPS) is 16.9. The Bertz CT molecular complexity index is 1540. The molecule has 1 saturated carbocycles. The van der Waals surface area contributed by atoms with Gasteiger partial charge in [-0.1, -0.05) is 42.4 Å². The number of anilines is 1. The lowest BCUT2D eigenvalue weighted by atomic mass is 10.1. The van der Waals surface area contributed by atoms with E-state index in [-0.39, 0.29) is 25.5 Å². The van der Waals surface area contributed by atoms with Crippen LogP contribution in [0, 0.1) is 5.92 Å². The number of hydrogen-bond donors (Lipinski definition) is 0. The van der Waals surface area contributed by atoms with Gasteiger partial charge < -0.3 is 14.5 Å². The van der Waals surface area contributed by atoms with Gasteiger partial charge in [0.2, 0.25) is 9.84 Å². The Hall–Kier alpha value is -2.96. The maximum Gasteiger partial charge on any atom is 0.257 e. The van der Waals surface area contributed by atoms with E-state index in [0.29, 0.717) is 49.6 Å². The maximum absolute atomic E-state index is 13.6. The summed E-state index contributed by atoms with van der Waals surface area (Å²) in [5, 5.41) is 0.580. The number of thiazole rings is 1. The molecule has 39 heavy (non-hydrogen) atoms. The molecule has 0 bridgehead atoms. The maximum atomic E-state index is 13.6. The number of rotatable bonds is 8. The third kappa shape index (κ3) is 6.12. The smallest absolute Gasteiger partial charge is 0.257 e. The van der Waals surface area contributed by atoms with Crippen molar-refractivity contribution in [1.29, 1.82) is 0 Å². The van der Waals surface area contributed by atoms with Crippen LogP contribution < -0.4 is 9.64 Å². The Morgan fingerprint density at radius 1 is 0.974 bits per heavy atom. The Morgan fingerprint density at radius 3 is 2.33 bits per heavy atom. The Kier molecular flexibility index (Phi) is 7.97. The van der Waals surface area contributed by atoms with E-state index >= 15 is 0 Å². The van der Waals surface area contributed by atoms with E-state index < -0.39 is 19.7 Å². The number of amides is 1. The molecule has 0 N–H and O–H groups in total. The minimum absolute atomic E-state index is 0.0765. The standard InChI is InChI=1S/C27H31N3O6S3/c1-38(32,33)22-11-12-24(36-19-20-7-5-6-8-20)23(17-22)26(31)29-13-15-30(16-14-29)27-28-18-25(37-27)39(34,35)21-9-3-2-4-10-21/h2-4,9-12,17-18,20H,5-8,13-16,19H2,1H3. The second-order valence-corrected chi connectivity index (χ2v) is 15.2. The van der Waals surface area contributed by atoms with E-state index in [4.69, 9.17) is 4.74 Å². The topological polar surface area (TPSA) is 114 Å². The van der Waals surface area contributed by atoms with Gasteiger partial charge in [0.25, 0.3) is 5.91 Å². The van der Waals surface area contributed by atoms with Crippen LogP contribution in [0.1, 0.15) is 36.0 Å². The van der Waals surface area contributed by atoms with Crippen molar-refractivity contribution in [3.63, 3.8) is 0 Å². The number of benzene rings is 2. The predicted molar refractivity (Wildman–Crippen MR) is 149 cm³/mol. The van der Waals surface area contributed by atoms with Crippen molar-refractivity contribution in [3.8, 4) is 5.75 Å². The predicted octanol–water partition coefficient (Wildman–Crippen LogP) is 3.91. The van der Waals surface area contributed by atoms with Crippen LogP contribution in [0.2, 0.25) is 0 Å². The van der Waals surface area contributed by atoms with Crippen molar-refractivity contribution >= 4 is 42.1 Å². The lowest BCUT2D eigenvalue weighted by molar-refractivity contribution is 0.0741. The Labute approximate surface area is 233 Å². The number of ether oxygens (including phenoxy) is 1. The van der Waals surface area contributed by atoms with Crippen LogP contribution in [0.5, 0.6) is 5.75 Å². The van der Waals surface area contributed by atoms with Gasteiger partial charge in [-0.2, -0.15) is 0 Å². The highest BCUT2D eigenvalue weighted by Crippen LogP contribution is 2.32. The zero-order valence-electron chi connectivity index (χ0n) is 21.7. The average molecular weight is 590 g/mol. The number of hydrogen-bond acceptors (Lipinski definition) is 9.